The van der Waals surface area contributed by atoms with Gasteiger partial charge in [0.15, 0.2) is 6.61 Å². The lowest BCUT2D eigenvalue weighted by Crippen LogP contribution is -2.30. The number of halogens is 1. The number of hydrogen-bond donors (Lipinski definition) is 1. The molecule has 0 radical (unpaired) electrons. The highest BCUT2D eigenvalue weighted by Crippen LogP contribution is 2.14. The number of thiophene rings is 1. The predicted octanol–water partition coefficient (Wildman–Crippen LogP) is 3.32. The normalized spacial score (nSPS) is 10.3. The molecule has 0 saturated carbocycles. The molecule has 0 aliphatic rings. The third kappa shape index (κ3) is 6.18. The number of carbonyl (C=O) groups excluding carboxylic acids is 1. The lowest BCUT2D eigenvalue weighted by atomic mass is 10.3. The van der Waals surface area contributed by atoms with Crippen molar-refractivity contribution < 1.29 is 13.9 Å². The summed E-state index contributed by atoms with van der Waals surface area (Å²) in [5, 5.41) is 6.95. The van der Waals surface area contributed by atoms with E-state index in [9.17, 15) is 9.18 Å². The Bertz CT molecular complexity index is 561. The fraction of sp³-hybridized carbons (Fsp3) is 0.267. The summed E-state index contributed by atoms with van der Waals surface area (Å²) in [5.41, 5.74) is 1.31. The van der Waals surface area contributed by atoms with Gasteiger partial charge in [-0.2, -0.15) is 23.1 Å². The first-order valence-electron chi connectivity index (χ1n) is 6.48. The standard InChI is InChI=1S/C15H16FNO2S2/c16-13-2-1-3-14(8-13)19-9-15(18)17-5-7-21-11-12-4-6-20-10-12/h1-4,6,8,10H,5,7,9,11H2,(H,17,18). The number of thioether (sulfide) groups is 1. The molecule has 1 aromatic heterocycles. The Morgan fingerprint density at radius 1 is 1.38 bits per heavy atom. The van der Waals surface area contributed by atoms with Gasteiger partial charge in [-0.3, -0.25) is 4.79 Å². The molecule has 0 unspecified atom stereocenters. The van der Waals surface area contributed by atoms with E-state index in [1.54, 1.807) is 35.2 Å². The summed E-state index contributed by atoms with van der Waals surface area (Å²) in [6.45, 7) is 0.499. The molecule has 0 atom stereocenters. The van der Waals surface area contributed by atoms with Gasteiger partial charge in [0.25, 0.3) is 5.91 Å². The van der Waals surface area contributed by atoms with Crippen molar-refractivity contribution in [1.29, 1.82) is 0 Å². The van der Waals surface area contributed by atoms with Gasteiger partial charge < -0.3 is 10.1 Å². The van der Waals surface area contributed by atoms with E-state index in [-0.39, 0.29) is 18.3 Å². The minimum atomic E-state index is -0.377. The maximum atomic E-state index is 12.9. The van der Waals surface area contributed by atoms with Crippen LogP contribution in [0.5, 0.6) is 5.75 Å². The summed E-state index contributed by atoms with van der Waals surface area (Å²) >= 11 is 3.46. The molecular formula is C15H16FNO2S2. The number of hydrogen-bond acceptors (Lipinski definition) is 4. The molecule has 1 heterocycles. The molecule has 6 heteroatoms. The SMILES string of the molecule is O=C(COc1cccc(F)c1)NCCSCc1ccsc1. The number of rotatable bonds is 8. The first-order chi connectivity index (χ1) is 10.2. The molecule has 0 saturated heterocycles. The van der Waals surface area contributed by atoms with Crippen LogP contribution < -0.4 is 10.1 Å². The van der Waals surface area contributed by atoms with Gasteiger partial charge in [0, 0.05) is 24.1 Å². The van der Waals surface area contributed by atoms with Crippen LogP contribution >= 0.6 is 23.1 Å². The van der Waals surface area contributed by atoms with Crippen molar-refractivity contribution in [3.8, 4) is 5.75 Å². The summed E-state index contributed by atoms with van der Waals surface area (Å²) in [5.74, 6) is 1.59. The smallest absolute Gasteiger partial charge is 0.257 e. The molecule has 0 fully saturated rings. The molecule has 21 heavy (non-hydrogen) atoms. The predicted molar refractivity (Wildman–Crippen MR) is 85.4 cm³/mol. The van der Waals surface area contributed by atoms with E-state index in [2.05, 4.69) is 22.1 Å². The molecule has 2 rings (SSSR count). The van der Waals surface area contributed by atoms with E-state index in [0.29, 0.717) is 12.3 Å². The van der Waals surface area contributed by atoms with Gasteiger partial charge in [-0.25, -0.2) is 4.39 Å². The van der Waals surface area contributed by atoms with E-state index in [4.69, 9.17) is 4.74 Å². The number of carbonyl (C=O) groups is 1. The Kier molecular flexibility index (Phi) is 6.56. The molecule has 2 aromatic rings. The van der Waals surface area contributed by atoms with Gasteiger partial charge in [-0.1, -0.05) is 6.07 Å². The number of amides is 1. The topological polar surface area (TPSA) is 38.3 Å². The first-order valence-corrected chi connectivity index (χ1v) is 8.57. The van der Waals surface area contributed by atoms with Crippen LogP contribution in [-0.2, 0) is 10.5 Å². The van der Waals surface area contributed by atoms with Crippen LogP contribution in [0.15, 0.2) is 41.1 Å². The molecule has 0 aliphatic carbocycles. The summed E-state index contributed by atoms with van der Waals surface area (Å²) < 4.78 is 18.1. The first kappa shape index (κ1) is 15.9. The quantitative estimate of drug-likeness (QED) is 0.757. The van der Waals surface area contributed by atoms with Crippen LogP contribution in [0, 0.1) is 5.82 Å². The summed E-state index contributed by atoms with van der Waals surface area (Å²) in [7, 11) is 0. The van der Waals surface area contributed by atoms with Gasteiger partial charge in [-0.05, 0) is 34.5 Å². The second-order valence-corrected chi connectivity index (χ2v) is 6.17. The van der Waals surface area contributed by atoms with Gasteiger partial charge >= 0.3 is 0 Å². The fourth-order valence-electron chi connectivity index (χ4n) is 1.58. The zero-order valence-electron chi connectivity index (χ0n) is 11.4. The molecule has 1 aromatic carbocycles. The molecular weight excluding hydrogens is 309 g/mol. The van der Waals surface area contributed by atoms with Crippen molar-refractivity contribution in [1.82, 2.24) is 5.32 Å². The molecule has 1 amide bonds. The van der Waals surface area contributed by atoms with Crippen LogP contribution in [0.25, 0.3) is 0 Å². The van der Waals surface area contributed by atoms with Gasteiger partial charge in [0.1, 0.15) is 11.6 Å². The Morgan fingerprint density at radius 3 is 3.05 bits per heavy atom. The highest BCUT2D eigenvalue weighted by Gasteiger charge is 2.03. The number of ether oxygens (including phenoxy) is 1. The van der Waals surface area contributed by atoms with Crippen molar-refractivity contribution in [3.05, 3.63) is 52.5 Å². The fourth-order valence-corrected chi connectivity index (χ4v) is 3.16. The van der Waals surface area contributed by atoms with Crippen molar-refractivity contribution in [2.24, 2.45) is 0 Å². The third-order valence-corrected chi connectivity index (χ3v) is 4.35. The molecule has 0 aliphatic heterocycles. The molecule has 0 spiro atoms. The number of nitrogens with one attached hydrogen (secondary N) is 1. The summed E-state index contributed by atoms with van der Waals surface area (Å²) in [6.07, 6.45) is 0. The highest BCUT2D eigenvalue weighted by atomic mass is 32.2. The molecule has 0 bridgehead atoms. The average Bonchev–Trinajstić information content (AvgIpc) is 2.98. The van der Waals surface area contributed by atoms with Gasteiger partial charge in [0.05, 0.1) is 0 Å². The van der Waals surface area contributed by atoms with Gasteiger partial charge in [0.2, 0.25) is 0 Å². The monoisotopic (exact) mass is 325 g/mol. The largest absolute Gasteiger partial charge is 0.484 e. The van der Waals surface area contributed by atoms with E-state index in [0.717, 1.165) is 11.5 Å². The lowest BCUT2D eigenvalue weighted by Gasteiger charge is -2.07. The lowest BCUT2D eigenvalue weighted by molar-refractivity contribution is -0.122. The summed E-state index contributed by atoms with van der Waals surface area (Å²) in [6, 6.07) is 7.85. The highest BCUT2D eigenvalue weighted by molar-refractivity contribution is 7.98. The van der Waals surface area contributed by atoms with Crippen molar-refractivity contribution in [2.45, 2.75) is 5.75 Å². The zero-order valence-corrected chi connectivity index (χ0v) is 13.0. The third-order valence-electron chi connectivity index (χ3n) is 2.58. The number of benzene rings is 1. The van der Waals surface area contributed by atoms with E-state index in [1.165, 1.54) is 17.7 Å². The van der Waals surface area contributed by atoms with E-state index in [1.807, 2.05) is 0 Å². The molecule has 1 N–H and O–H groups in total. The second kappa shape index (κ2) is 8.69. The van der Waals surface area contributed by atoms with Crippen LogP contribution in [0.4, 0.5) is 4.39 Å². The Morgan fingerprint density at radius 2 is 2.29 bits per heavy atom. The van der Waals surface area contributed by atoms with Crippen LogP contribution in [0.2, 0.25) is 0 Å². The average molecular weight is 325 g/mol. The zero-order chi connectivity index (χ0) is 14.9. The summed E-state index contributed by atoms with van der Waals surface area (Å²) in [4.78, 5) is 11.6. The van der Waals surface area contributed by atoms with Crippen LogP contribution in [-0.4, -0.2) is 24.8 Å². The van der Waals surface area contributed by atoms with E-state index >= 15 is 0 Å². The Labute approximate surface area is 131 Å². The van der Waals surface area contributed by atoms with Crippen molar-refractivity contribution in [3.63, 3.8) is 0 Å². The molecule has 3 nitrogen and oxygen atoms in total. The maximum Gasteiger partial charge on any atom is 0.257 e. The van der Waals surface area contributed by atoms with Crippen molar-refractivity contribution >= 4 is 29.0 Å². The van der Waals surface area contributed by atoms with Gasteiger partial charge in [-0.15, -0.1) is 0 Å². The molecule has 112 valence electrons. The van der Waals surface area contributed by atoms with Crippen LogP contribution in [0.1, 0.15) is 5.56 Å². The minimum absolute atomic E-state index is 0.0986. The Balaban J connectivity index is 1.55. The maximum absolute atomic E-state index is 12.9. The van der Waals surface area contributed by atoms with Crippen molar-refractivity contribution in [2.75, 3.05) is 18.9 Å². The van der Waals surface area contributed by atoms with Crippen LogP contribution in [0.3, 0.4) is 0 Å². The minimum Gasteiger partial charge on any atom is -0.484 e. The van der Waals surface area contributed by atoms with E-state index < -0.39 is 0 Å². The second-order valence-electron chi connectivity index (χ2n) is 4.28. The Hall–Kier alpha value is -1.53.